The number of aliphatic carboxylic acids is 1. The molecule has 6 nitrogen and oxygen atoms in total. The molecule has 0 aliphatic heterocycles. The number of carbonyl (C=O) groups excluding carboxylic acids is 2. The minimum atomic E-state index is -1.16. The van der Waals surface area contributed by atoms with Crippen LogP contribution < -0.4 is 11.1 Å². The molecule has 2 atom stereocenters. The zero-order chi connectivity index (χ0) is 13.6. The molecule has 0 aromatic carbocycles. The van der Waals surface area contributed by atoms with Crippen molar-refractivity contribution in [1.82, 2.24) is 5.32 Å². The van der Waals surface area contributed by atoms with Crippen LogP contribution in [0.5, 0.6) is 0 Å². The number of amides is 2. The van der Waals surface area contributed by atoms with Crippen LogP contribution in [-0.2, 0) is 14.4 Å². The van der Waals surface area contributed by atoms with Crippen LogP contribution in [0.25, 0.3) is 0 Å². The topological polar surface area (TPSA) is 109 Å². The van der Waals surface area contributed by atoms with Gasteiger partial charge in [0.05, 0.1) is 0 Å². The zero-order valence-corrected chi connectivity index (χ0v) is 10.4. The molecule has 0 bridgehead atoms. The Bertz CT molecular complexity index is 302. The van der Waals surface area contributed by atoms with Gasteiger partial charge in [-0.2, -0.15) is 0 Å². The molecule has 4 N–H and O–H groups in total. The van der Waals surface area contributed by atoms with Gasteiger partial charge in [-0.25, -0.2) is 4.79 Å². The van der Waals surface area contributed by atoms with E-state index in [0.717, 1.165) is 0 Å². The van der Waals surface area contributed by atoms with Crippen LogP contribution >= 0.6 is 0 Å². The summed E-state index contributed by atoms with van der Waals surface area (Å²) in [7, 11) is 0. The van der Waals surface area contributed by atoms with E-state index in [1.165, 1.54) is 0 Å². The molecule has 2 amide bonds. The number of carboxylic acids is 1. The van der Waals surface area contributed by atoms with Crippen molar-refractivity contribution in [2.75, 3.05) is 0 Å². The second kappa shape index (κ2) is 6.88. The standard InChI is InChI=1S/C11H20N2O4/c1-6(2)7(3)10(15)13-8(11(16)17)4-5-9(12)14/h6-8H,4-5H2,1-3H3,(H2,12,14)(H,13,15)(H,16,17)/t7?,8-/m1/s1. The Labute approximate surface area is 101 Å². The minimum absolute atomic E-state index is 0.0151. The monoisotopic (exact) mass is 244 g/mol. The van der Waals surface area contributed by atoms with E-state index < -0.39 is 17.9 Å². The molecule has 0 aromatic rings. The third kappa shape index (κ3) is 5.89. The van der Waals surface area contributed by atoms with Gasteiger partial charge in [0.1, 0.15) is 6.04 Å². The molecule has 0 spiro atoms. The number of rotatable bonds is 7. The molecule has 0 aromatic heterocycles. The molecule has 0 aliphatic rings. The Morgan fingerprint density at radius 3 is 2.12 bits per heavy atom. The van der Waals surface area contributed by atoms with Crippen molar-refractivity contribution in [2.24, 2.45) is 17.6 Å². The van der Waals surface area contributed by atoms with E-state index in [4.69, 9.17) is 10.8 Å². The quantitative estimate of drug-likeness (QED) is 0.590. The normalized spacial score (nSPS) is 14.1. The predicted octanol–water partition coefficient (Wildman–Crippen LogP) is 0.113. The van der Waals surface area contributed by atoms with Crippen LogP contribution in [-0.4, -0.2) is 28.9 Å². The highest BCUT2D eigenvalue weighted by Gasteiger charge is 2.24. The summed E-state index contributed by atoms with van der Waals surface area (Å²) in [4.78, 5) is 33.1. The molecule has 0 fully saturated rings. The lowest BCUT2D eigenvalue weighted by molar-refractivity contribution is -0.143. The summed E-state index contributed by atoms with van der Waals surface area (Å²) in [5.74, 6) is -2.21. The first-order valence-electron chi connectivity index (χ1n) is 5.57. The second-order valence-electron chi connectivity index (χ2n) is 4.44. The highest BCUT2D eigenvalue weighted by molar-refractivity contribution is 5.85. The highest BCUT2D eigenvalue weighted by Crippen LogP contribution is 2.10. The lowest BCUT2D eigenvalue weighted by Crippen LogP contribution is -2.44. The SMILES string of the molecule is CC(C)C(C)C(=O)N[C@H](CCC(N)=O)C(=O)O. The van der Waals surface area contributed by atoms with Gasteiger partial charge in [-0.1, -0.05) is 20.8 Å². The molecule has 0 radical (unpaired) electrons. The average molecular weight is 244 g/mol. The van der Waals surface area contributed by atoms with Crippen LogP contribution in [0, 0.1) is 11.8 Å². The lowest BCUT2D eigenvalue weighted by Gasteiger charge is -2.19. The molecule has 0 rings (SSSR count). The van der Waals surface area contributed by atoms with Crippen LogP contribution in [0.4, 0.5) is 0 Å². The Kier molecular flexibility index (Phi) is 6.23. The molecule has 0 aliphatic carbocycles. The van der Waals surface area contributed by atoms with Gasteiger partial charge in [-0.05, 0) is 12.3 Å². The fourth-order valence-corrected chi connectivity index (χ4v) is 1.15. The summed E-state index contributed by atoms with van der Waals surface area (Å²) in [5.41, 5.74) is 4.94. The van der Waals surface area contributed by atoms with E-state index in [2.05, 4.69) is 5.32 Å². The van der Waals surface area contributed by atoms with Gasteiger partial charge in [-0.15, -0.1) is 0 Å². The lowest BCUT2D eigenvalue weighted by atomic mass is 9.96. The Morgan fingerprint density at radius 1 is 1.24 bits per heavy atom. The van der Waals surface area contributed by atoms with Crippen molar-refractivity contribution in [2.45, 2.75) is 39.7 Å². The fourth-order valence-electron chi connectivity index (χ4n) is 1.15. The van der Waals surface area contributed by atoms with Crippen molar-refractivity contribution in [3.8, 4) is 0 Å². The number of carbonyl (C=O) groups is 3. The van der Waals surface area contributed by atoms with Gasteiger partial charge in [-0.3, -0.25) is 9.59 Å². The molecule has 0 saturated carbocycles. The number of hydrogen-bond donors (Lipinski definition) is 3. The van der Waals surface area contributed by atoms with Gasteiger partial charge in [0, 0.05) is 12.3 Å². The van der Waals surface area contributed by atoms with Gasteiger partial charge >= 0.3 is 5.97 Å². The van der Waals surface area contributed by atoms with E-state index in [9.17, 15) is 14.4 Å². The van der Waals surface area contributed by atoms with E-state index in [0.29, 0.717) is 0 Å². The van der Waals surface area contributed by atoms with Crippen molar-refractivity contribution < 1.29 is 19.5 Å². The molecule has 17 heavy (non-hydrogen) atoms. The summed E-state index contributed by atoms with van der Waals surface area (Å²) in [6.45, 7) is 5.49. The number of nitrogens with one attached hydrogen (secondary N) is 1. The Hall–Kier alpha value is -1.59. The number of primary amides is 1. The van der Waals surface area contributed by atoms with Gasteiger partial charge < -0.3 is 16.2 Å². The van der Waals surface area contributed by atoms with Crippen LogP contribution in [0.3, 0.4) is 0 Å². The van der Waals surface area contributed by atoms with E-state index in [1.54, 1.807) is 6.92 Å². The number of carboxylic acid groups (broad SMARTS) is 1. The van der Waals surface area contributed by atoms with E-state index in [1.807, 2.05) is 13.8 Å². The predicted molar refractivity (Wildman–Crippen MR) is 62.0 cm³/mol. The first kappa shape index (κ1) is 15.4. The first-order valence-corrected chi connectivity index (χ1v) is 5.57. The molecular formula is C11H20N2O4. The smallest absolute Gasteiger partial charge is 0.326 e. The van der Waals surface area contributed by atoms with Crippen LogP contribution in [0.2, 0.25) is 0 Å². The zero-order valence-electron chi connectivity index (χ0n) is 10.4. The van der Waals surface area contributed by atoms with Crippen molar-refractivity contribution in [3.05, 3.63) is 0 Å². The largest absolute Gasteiger partial charge is 0.480 e. The van der Waals surface area contributed by atoms with Crippen molar-refractivity contribution in [1.29, 1.82) is 0 Å². The van der Waals surface area contributed by atoms with E-state index >= 15 is 0 Å². The maximum atomic E-state index is 11.7. The first-order chi connectivity index (χ1) is 7.75. The van der Waals surface area contributed by atoms with Crippen molar-refractivity contribution in [3.63, 3.8) is 0 Å². The molecule has 0 saturated heterocycles. The third-order valence-electron chi connectivity index (χ3n) is 2.71. The second-order valence-corrected chi connectivity index (χ2v) is 4.44. The summed E-state index contributed by atoms with van der Waals surface area (Å²) in [5, 5.41) is 11.3. The summed E-state index contributed by atoms with van der Waals surface area (Å²) in [6.07, 6.45) is -0.0471. The van der Waals surface area contributed by atoms with Gasteiger partial charge in [0.25, 0.3) is 0 Å². The molecule has 98 valence electrons. The van der Waals surface area contributed by atoms with Gasteiger partial charge in [0.15, 0.2) is 0 Å². The molecule has 1 unspecified atom stereocenters. The van der Waals surface area contributed by atoms with Crippen LogP contribution in [0.1, 0.15) is 33.6 Å². The van der Waals surface area contributed by atoms with Crippen LogP contribution in [0.15, 0.2) is 0 Å². The molecular weight excluding hydrogens is 224 g/mol. The van der Waals surface area contributed by atoms with E-state index in [-0.39, 0.29) is 30.6 Å². The maximum absolute atomic E-state index is 11.7. The molecule has 0 heterocycles. The summed E-state index contributed by atoms with van der Waals surface area (Å²) >= 11 is 0. The highest BCUT2D eigenvalue weighted by atomic mass is 16.4. The maximum Gasteiger partial charge on any atom is 0.326 e. The number of nitrogens with two attached hydrogens (primary N) is 1. The number of hydrogen-bond acceptors (Lipinski definition) is 3. The third-order valence-corrected chi connectivity index (χ3v) is 2.71. The molecule has 6 heteroatoms. The minimum Gasteiger partial charge on any atom is -0.480 e. The Morgan fingerprint density at radius 2 is 1.76 bits per heavy atom. The summed E-state index contributed by atoms with van der Waals surface area (Å²) < 4.78 is 0. The Balaban J connectivity index is 4.39. The summed E-state index contributed by atoms with van der Waals surface area (Å²) in [6, 6.07) is -1.06. The van der Waals surface area contributed by atoms with Gasteiger partial charge in [0.2, 0.25) is 11.8 Å². The average Bonchev–Trinajstić information content (AvgIpc) is 2.21. The fraction of sp³-hybridized carbons (Fsp3) is 0.727. The van der Waals surface area contributed by atoms with Crippen molar-refractivity contribution >= 4 is 17.8 Å².